The van der Waals surface area contributed by atoms with Crippen LogP contribution in [0.2, 0.25) is 15.1 Å². The van der Waals surface area contributed by atoms with Crippen molar-refractivity contribution in [1.29, 1.82) is 0 Å². The molecule has 0 aliphatic rings. The van der Waals surface area contributed by atoms with Crippen LogP contribution >= 0.6 is 34.8 Å². The molecule has 0 amide bonds. The van der Waals surface area contributed by atoms with Gasteiger partial charge in [-0.1, -0.05) is 34.8 Å². The molecule has 0 saturated heterocycles. The molecule has 0 aliphatic heterocycles. The molecule has 0 bridgehead atoms. The van der Waals surface area contributed by atoms with Crippen molar-refractivity contribution in [3.63, 3.8) is 0 Å². The molecule has 2 N–H and O–H groups in total. The van der Waals surface area contributed by atoms with Gasteiger partial charge in [0.15, 0.2) is 0 Å². The van der Waals surface area contributed by atoms with E-state index in [0.29, 0.717) is 32.2 Å². The quantitative estimate of drug-likeness (QED) is 0.797. The lowest BCUT2D eigenvalue weighted by Gasteiger charge is -2.04. The van der Waals surface area contributed by atoms with Crippen molar-refractivity contribution in [2.45, 2.75) is 13.0 Å². The van der Waals surface area contributed by atoms with Crippen molar-refractivity contribution in [1.82, 2.24) is 0 Å². The second-order valence-corrected chi connectivity index (χ2v) is 4.96. The molecular weight excluding hydrogens is 280 g/mol. The zero-order valence-corrected chi connectivity index (χ0v) is 11.3. The molecule has 0 saturated carbocycles. The summed E-state index contributed by atoms with van der Waals surface area (Å²) in [6.45, 7) is 1.85. The average molecular weight is 291 g/mol. The second kappa shape index (κ2) is 4.91. The molecule has 1 atom stereocenters. The van der Waals surface area contributed by atoms with Gasteiger partial charge < -0.3 is 10.2 Å². The van der Waals surface area contributed by atoms with Gasteiger partial charge >= 0.3 is 0 Å². The van der Waals surface area contributed by atoms with Crippen LogP contribution in [0.3, 0.4) is 0 Å². The van der Waals surface area contributed by atoms with E-state index < -0.39 is 0 Å². The highest BCUT2D eigenvalue weighted by atomic mass is 35.5. The third-order valence-corrected chi connectivity index (χ3v) is 3.39. The number of rotatable bonds is 2. The number of benzene rings is 1. The topological polar surface area (TPSA) is 39.2 Å². The fourth-order valence-electron chi connectivity index (χ4n) is 1.45. The molecule has 17 heavy (non-hydrogen) atoms. The van der Waals surface area contributed by atoms with Crippen LogP contribution in [-0.2, 0) is 0 Å². The van der Waals surface area contributed by atoms with Gasteiger partial charge in [-0.05, 0) is 31.2 Å². The van der Waals surface area contributed by atoms with Gasteiger partial charge in [0.05, 0.1) is 21.1 Å². The van der Waals surface area contributed by atoms with Gasteiger partial charge in [0.25, 0.3) is 0 Å². The largest absolute Gasteiger partial charge is 0.459 e. The zero-order valence-electron chi connectivity index (χ0n) is 9.01. The standard InChI is InChI=1S/C12H10Cl3NO/c1-6(16)11-2-3-12(17-11)7-4-9(14)10(15)5-8(7)13/h2-6H,16H2,1H3. The van der Waals surface area contributed by atoms with Crippen LogP contribution in [0.5, 0.6) is 0 Å². The van der Waals surface area contributed by atoms with Crippen LogP contribution < -0.4 is 5.73 Å². The summed E-state index contributed by atoms with van der Waals surface area (Å²) in [5, 5.41) is 1.34. The van der Waals surface area contributed by atoms with Gasteiger partial charge in [-0.25, -0.2) is 0 Å². The molecule has 1 aromatic heterocycles. The predicted molar refractivity (Wildman–Crippen MR) is 71.8 cm³/mol. The molecule has 0 radical (unpaired) electrons. The Balaban J connectivity index is 2.49. The summed E-state index contributed by atoms with van der Waals surface area (Å²) in [4.78, 5) is 0. The smallest absolute Gasteiger partial charge is 0.135 e. The van der Waals surface area contributed by atoms with Crippen molar-refractivity contribution in [3.05, 3.63) is 45.1 Å². The first-order valence-electron chi connectivity index (χ1n) is 4.99. The molecule has 5 heteroatoms. The van der Waals surface area contributed by atoms with Crippen molar-refractivity contribution in [2.75, 3.05) is 0 Å². The van der Waals surface area contributed by atoms with Gasteiger partial charge in [-0.15, -0.1) is 0 Å². The summed E-state index contributed by atoms with van der Waals surface area (Å²) in [5.41, 5.74) is 6.43. The monoisotopic (exact) mass is 289 g/mol. The maximum absolute atomic E-state index is 6.09. The lowest BCUT2D eigenvalue weighted by atomic mass is 10.2. The molecule has 1 heterocycles. The van der Waals surface area contributed by atoms with Crippen molar-refractivity contribution in [2.24, 2.45) is 5.73 Å². The SMILES string of the molecule is CC(N)c1ccc(-c2cc(Cl)c(Cl)cc2Cl)o1. The average Bonchev–Trinajstić information content (AvgIpc) is 2.72. The van der Waals surface area contributed by atoms with E-state index in [2.05, 4.69) is 0 Å². The molecule has 1 aromatic carbocycles. The summed E-state index contributed by atoms with van der Waals surface area (Å²) in [5.74, 6) is 1.32. The van der Waals surface area contributed by atoms with Crippen molar-refractivity contribution < 1.29 is 4.42 Å². The molecule has 0 fully saturated rings. The van der Waals surface area contributed by atoms with Crippen LogP contribution in [0.1, 0.15) is 18.7 Å². The minimum absolute atomic E-state index is 0.162. The van der Waals surface area contributed by atoms with Crippen LogP contribution in [0.4, 0.5) is 0 Å². The summed E-state index contributed by atoms with van der Waals surface area (Å²) < 4.78 is 5.60. The highest BCUT2D eigenvalue weighted by Crippen LogP contribution is 2.36. The second-order valence-electron chi connectivity index (χ2n) is 3.74. The Morgan fingerprint density at radius 3 is 2.29 bits per heavy atom. The summed E-state index contributed by atoms with van der Waals surface area (Å²) in [6.07, 6.45) is 0. The maximum Gasteiger partial charge on any atom is 0.135 e. The Bertz CT molecular complexity index is 549. The number of halogens is 3. The van der Waals surface area contributed by atoms with E-state index in [4.69, 9.17) is 45.0 Å². The Morgan fingerprint density at radius 1 is 1.06 bits per heavy atom. The lowest BCUT2D eigenvalue weighted by Crippen LogP contribution is -2.02. The van der Waals surface area contributed by atoms with Crippen LogP contribution in [0, 0.1) is 0 Å². The van der Waals surface area contributed by atoms with Gasteiger partial charge in [0, 0.05) is 5.56 Å². The summed E-state index contributed by atoms with van der Waals surface area (Å²) in [6, 6.07) is 6.73. The first kappa shape index (κ1) is 12.8. The molecule has 0 spiro atoms. The minimum Gasteiger partial charge on any atom is -0.459 e. The van der Waals surface area contributed by atoms with Crippen LogP contribution in [-0.4, -0.2) is 0 Å². The van der Waals surface area contributed by atoms with E-state index in [-0.39, 0.29) is 6.04 Å². The highest BCUT2D eigenvalue weighted by Gasteiger charge is 2.13. The molecule has 0 aliphatic carbocycles. The number of nitrogens with two attached hydrogens (primary N) is 1. The Labute approximate surface area is 114 Å². The van der Waals surface area contributed by atoms with Gasteiger partial charge in [0.1, 0.15) is 11.5 Å². The Kier molecular flexibility index (Phi) is 3.69. The normalized spacial score (nSPS) is 12.8. The van der Waals surface area contributed by atoms with E-state index in [1.807, 2.05) is 19.1 Å². The van der Waals surface area contributed by atoms with E-state index in [1.54, 1.807) is 12.1 Å². The molecular formula is C12H10Cl3NO. The first-order valence-corrected chi connectivity index (χ1v) is 6.12. The number of hydrogen-bond acceptors (Lipinski definition) is 2. The van der Waals surface area contributed by atoms with E-state index in [0.717, 1.165) is 0 Å². The molecule has 90 valence electrons. The van der Waals surface area contributed by atoms with E-state index in [1.165, 1.54) is 0 Å². The van der Waals surface area contributed by atoms with Crippen LogP contribution in [0.25, 0.3) is 11.3 Å². The first-order chi connectivity index (χ1) is 7.99. The van der Waals surface area contributed by atoms with E-state index in [9.17, 15) is 0 Å². The van der Waals surface area contributed by atoms with Crippen molar-refractivity contribution in [3.8, 4) is 11.3 Å². The van der Waals surface area contributed by atoms with Gasteiger partial charge in [-0.2, -0.15) is 0 Å². The highest BCUT2D eigenvalue weighted by molar-refractivity contribution is 6.44. The summed E-state index contributed by atoms with van der Waals surface area (Å²) in [7, 11) is 0. The molecule has 2 nitrogen and oxygen atoms in total. The number of hydrogen-bond donors (Lipinski definition) is 1. The fraction of sp³-hybridized carbons (Fsp3) is 0.167. The fourth-order valence-corrected chi connectivity index (χ4v) is 2.09. The Morgan fingerprint density at radius 2 is 1.71 bits per heavy atom. The maximum atomic E-state index is 6.09. The molecule has 2 rings (SSSR count). The number of furan rings is 1. The Hall–Kier alpha value is -0.670. The molecule has 2 aromatic rings. The zero-order chi connectivity index (χ0) is 12.6. The van der Waals surface area contributed by atoms with Gasteiger partial charge in [0.2, 0.25) is 0 Å². The predicted octanol–water partition coefficient (Wildman–Crippen LogP) is 4.93. The minimum atomic E-state index is -0.162. The van der Waals surface area contributed by atoms with E-state index >= 15 is 0 Å². The van der Waals surface area contributed by atoms with Crippen molar-refractivity contribution >= 4 is 34.8 Å². The third-order valence-electron chi connectivity index (χ3n) is 2.35. The lowest BCUT2D eigenvalue weighted by molar-refractivity contribution is 0.491. The summed E-state index contributed by atoms with van der Waals surface area (Å²) >= 11 is 17.9. The molecule has 1 unspecified atom stereocenters. The third kappa shape index (κ3) is 2.61. The van der Waals surface area contributed by atoms with Crippen LogP contribution in [0.15, 0.2) is 28.7 Å². The van der Waals surface area contributed by atoms with Gasteiger partial charge in [-0.3, -0.25) is 0 Å².